The SMILES string of the molecule is O.O.O.O.O.O.O=[N+]([O-])O.[MgH2]. The van der Waals surface area contributed by atoms with Gasteiger partial charge in [-0.25, -0.2) is 0 Å². The molecule has 0 unspecified atom stereocenters. The van der Waals surface area contributed by atoms with Crippen molar-refractivity contribution in [2.75, 3.05) is 0 Å². The summed E-state index contributed by atoms with van der Waals surface area (Å²) in [7, 11) is 0. The highest BCUT2D eigenvalue weighted by Gasteiger charge is 1.65. The highest BCUT2D eigenvalue weighted by atomic mass is 24.3. The lowest BCUT2D eigenvalue weighted by Gasteiger charge is -1.56. The van der Waals surface area contributed by atoms with Crippen molar-refractivity contribution in [3.05, 3.63) is 10.1 Å². The summed E-state index contributed by atoms with van der Waals surface area (Å²) in [5, 5.41) is 13.6. The average Bonchev–Trinajstić information content (AvgIpc) is 0.811. The molecule has 11 heteroatoms. The van der Waals surface area contributed by atoms with E-state index in [1.165, 1.54) is 0 Å². The highest BCUT2D eigenvalue weighted by molar-refractivity contribution is 5.75. The predicted molar refractivity (Wildman–Crippen MR) is 39.0 cm³/mol. The highest BCUT2D eigenvalue weighted by Crippen LogP contribution is 1.38. The zero-order valence-corrected chi connectivity index (χ0v) is 4.71. The van der Waals surface area contributed by atoms with Crippen molar-refractivity contribution < 1.29 is 43.2 Å². The van der Waals surface area contributed by atoms with Gasteiger partial charge in [0.2, 0.25) is 0 Å². The molecule has 0 amide bonds. The molecule has 0 aliphatic rings. The maximum Gasteiger partial charge on any atom is 0.316 e. The topological polar surface area (TPSA) is 252 Å². The fourth-order valence-electron chi connectivity index (χ4n) is 0. The molecule has 0 aromatic rings. The van der Waals surface area contributed by atoms with Gasteiger partial charge >= 0.3 is 23.1 Å². The molecule has 0 atom stereocenters. The number of nitrogens with zero attached hydrogens (tertiary/aromatic N) is 1. The smallest absolute Gasteiger partial charge is 0.316 e. The lowest BCUT2D eigenvalue weighted by Crippen LogP contribution is -1.81. The van der Waals surface area contributed by atoms with Crippen LogP contribution in [0.5, 0.6) is 0 Å². The summed E-state index contributed by atoms with van der Waals surface area (Å²) in [5.41, 5.74) is 0. The molecule has 0 aliphatic heterocycles. The van der Waals surface area contributed by atoms with E-state index in [2.05, 4.69) is 0 Å². The van der Waals surface area contributed by atoms with E-state index in [0.29, 0.717) is 0 Å². The van der Waals surface area contributed by atoms with Crippen LogP contribution in [0.3, 0.4) is 0 Å². The quantitative estimate of drug-likeness (QED) is 0.226. The maximum atomic E-state index is 8.36. The predicted octanol–water partition coefficient (Wildman–Crippen LogP) is -6.21. The van der Waals surface area contributed by atoms with Crippen molar-refractivity contribution in [1.29, 1.82) is 0 Å². The normalized spacial score (nSPS) is 2.18. The summed E-state index contributed by atoms with van der Waals surface area (Å²) >= 11 is 0. The third-order valence-electron chi connectivity index (χ3n) is 0. The second-order valence-corrected chi connectivity index (χ2v) is 0.238. The van der Waals surface area contributed by atoms with Gasteiger partial charge in [-0.15, -0.1) is 10.1 Å². The van der Waals surface area contributed by atoms with E-state index in [0.717, 1.165) is 0 Å². The van der Waals surface area contributed by atoms with E-state index in [4.69, 9.17) is 15.3 Å². The van der Waals surface area contributed by atoms with Crippen LogP contribution < -0.4 is 0 Å². The minimum Gasteiger partial charge on any atom is -0.412 e. The Morgan fingerprint density at radius 3 is 0.909 bits per heavy atom. The van der Waals surface area contributed by atoms with Crippen LogP contribution in [0.2, 0.25) is 0 Å². The number of hydrogen-bond donors (Lipinski definition) is 1. The van der Waals surface area contributed by atoms with E-state index >= 15 is 0 Å². The van der Waals surface area contributed by atoms with Crippen LogP contribution in [0.1, 0.15) is 0 Å². The standard InChI is InChI=1S/Mg.HNO3.6H2O.2H/c;2-1(3)4;;;;;;;;/h;(H,2,3,4);6*1H2;;. The van der Waals surface area contributed by atoms with Gasteiger partial charge in [0, 0.05) is 0 Å². The van der Waals surface area contributed by atoms with Crippen LogP contribution in [-0.4, -0.2) is 66.2 Å². The van der Waals surface area contributed by atoms with Gasteiger partial charge in [-0.05, 0) is 0 Å². The van der Waals surface area contributed by atoms with Gasteiger partial charge in [-0.1, -0.05) is 0 Å². The third kappa shape index (κ3) is 7750. The fourth-order valence-corrected chi connectivity index (χ4v) is 0. The molecule has 10 nitrogen and oxygen atoms in total. The van der Waals surface area contributed by atoms with Gasteiger partial charge in [0.25, 0.3) is 5.09 Å². The first-order valence-corrected chi connectivity index (χ1v) is 0.565. The molecule has 11 heavy (non-hydrogen) atoms. The lowest BCUT2D eigenvalue weighted by atomic mass is 13.1. The Hall–Kier alpha value is -0.274. The summed E-state index contributed by atoms with van der Waals surface area (Å²) in [4.78, 5) is 8.36. The third-order valence-corrected chi connectivity index (χ3v) is 0. The zero-order chi connectivity index (χ0) is 3.58. The van der Waals surface area contributed by atoms with Gasteiger partial charge in [0.05, 0.1) is 0 Å². The first kappa shape index (κ1) is 137. The van der Waals surface area contributed by atoms with E-state index in [-0.39, 0.29) is 55.9 Å². The molecule has 0 bridgehead atoms. The molecule has 0 spiro atoms. The molecule has 0 radical (unpaired) electrons. The Labute approximate surface area is 76.9 Å². The van der Waals surface area contributed by atoms with Crippen molar-refractivity contribution in [3.8, 4) is 0 Å². The Morgan fingerprint density at radius 1 is 0.909 bits per heavy atom. The molecule has 0 saturated heterocycles. The second-order valence-electron chi connectivity index (χ2n) is 0.238. The molecule has 0 aliphatic carbocycles. The van der Waals surface area contributed by atoms with E-state index < -0.39 is 5.09 Å². The lowest BCUT2D eigenvalue weighted by molar-refractivity contribution is -0.742. The molecule has 76 valence electrons. The molecule has 0 saturated carbocycles. The van der Waals surface area contributed by atoms with E-state index in [9.17, 15) is 0 Å². The molecular formula is H15MgNO9. The first-order chi connectivity index (χ1) is 1.73. The molecule has 0 aromatic carbocycles. The largest absolute Gasteiger partial charge is 0.412 e. The average molecular weight is 197 g/mol. The summed E-state index contributed by atoms with van der Waals surface area (Å²) in [6, 6.07) is 0. The van der Waals surface area contributed by atoms with Gasteiger partial charge in [-0.3, -0.25) is 0 Å². The van der Waals surface area contributed by atoms with Crippen LogP contribution >= 0.6 is 0 Å². The molecule has 0 rings (SSSR count). The molecule has 13 N–H and O–H groups in total. The molecule has 0 fully saturated rings. The monoisotopic (exact) mass is 197 g/mol. The Balaban J connectivity index is -0.00000000214. The maximum absolute atomic E-state index is 8.36. The van der Waals surface area contributed by atoms with E-state index in [1.54, 1.807) is 0 Å². The van der Waals surface area contributed by atoms with Gasteiger partial charge in [0.15, 0.2) is 0 Å². The molecule has 0 aromatic heterocycles. The molecular weight excluding hydrogens is 182 g/mol. The fraction of sp³-hybridized carbons (Fsp3) is 0. The summed E-state index contributed by atoms with van der Waals surface area (Å²) in [6.07, 6.45) is 0. The van der Waals surface area contributed by atoms with Crippen molar-refractivity contribution in [2.45, 2.75) is 0 Å². The van der Waals surface area contributed by atoms with Crippen molar-refractivity contribution in [3.63, 3.8) is 0 Å². The summed E-state index contributed by atoms with van der Waals surface area (Å²) < 4.78 is 0. The van der Waals surface area contributed by atoms with Crippen LogP contribution in [-0.2, 0) is 0 Å². The molecule has 0 heterocycles. The minimum atomic E-state index is -1.50. The van der Waals surface area contributed by atoms with Crippen LogP contribution in [0.25, 0.3) is 0 Å². The van der Waals surface area contributed by atoms with E-state index in [1.807, 2.05) is 0 Å². The summed E-state index contributed by atoms with van der Waals surface area (Å²) in [6.45, 7) is 0. The van der Waals surface area contributed by atoms with Crippen LogP contribution in [0.15, 0.2) is 0 Å². The Bertz CT molecular complexity index is 32.5. The number of hydrogen-bond acceptors (Lipinski definition) is 2. The van der Waals surface area contributed by atoms with Gasteiger partial charge in [-0.2, -0.15) is 0 Å². The van der Waals surface area contributed by atoms with Crippen LogP contribution in [0, 0.1) is 10.1 Å². The Morgan fingerprint density at radius 2 is 0.909 bits per heavy atom. The zero-order valence-electron chi connectivity index (χ0n) is 4.71. The van der Waals surface area contributed by atoms with Crippen molar-refractivity contribution in [1.82, 2.24) is 0 Å². The van der Waals surface area contributed by atoms with Gasteiger partial charge in [0.1, 0.15) is 0 Å². The second kappa shape index (κ2) is 99.6. The Kier molecular flexibility index (Phi) is 1240. The van der Waals surface area contributed by atoms with Gasteiger partial charge < -0.3 is 38.1 Å². The van der Waals surface area contributed by atoms with Crippen molar-refractivity contribution in [2.24, 2.45) is 0 Å². The van der Waals surface area contributed by atoms with Crippen LogP contribution in [0.4, 0.5) is 0 Å². The first-order valence-electron chi connectivity index (χ1n) is 0.565. The number of rotatable bonds is 0. The minimum absolute atomic E-state index is 0. The van der Waals surface area contributed by atoms with Crippen molar-refractivity contribution >= 4 is 23.1 Å². The summed E-state index contributed by atoms with van der Waals surface area (Å²) in [5.74, 6) is 0.